The van der Waals surface area contributed by atoms with E-state index in [1.165, 1.54) is 86.2 Å². The molecule has 0 fully saturated rings. The number of benzene rings is 8. The second kappa shape index (κ2) is 17.7. The fraction of sp³-hybridized carbons (Fsp3) is 0.0926. The third kappa shape index (κ3) is 8.07. The van der Waals surface area contributed by atoms with Crippen LogP contribution in [0, 0.1) is 5.41 Å². The maximum atomic E-state index is 12.3. The van der Waals surface area contributed by atoms with E-state index in [0.29, 0.717) is 5.75 Å². The van der Waals surface area contributed by atoms with Gasteiger partial charge in [-0.3, -0.25) is 0 Å². The van der Waals surface area contributed by atoms with Crippen LogP contribution < -0.4 is 4.74 Å². The van der Waals surface area contributed by atoms with E-state index in [4.69, 9.17) is 4.74 Å². The molecule has 0 aliphatic carbocycles. The van der Waals surface area contributed by atoms with Gasteiger partial charge in [-0.1, -0.05) is 116 Å². The molecule has 8 aromatic carbocycles. The van der Waals surface area contributed by atoms with Crippen molar-refractivity contribution in [1.29, 1.82) is 0 Å². The van der Waals surface area contributed by atoms with E-state index in [9.17, 15) is 4.79 Å². The Morgan fingerprint density at radius 1 is 0.460 bits per heavy atom. The minimum Gasteiger partial charge on any atom is -0.423 e. The lowest BCUT2D eigenvalue weighted by molar-refractivity contribution is -0.128. The van der Waals surface area contributed by atoms with Gasteiger partial charge in [-0.25, -0.2) is 4.79 Å². The van der Waals surface area contributed by atoms with Gasteiger partial charge in [-0.05, 0) is 65.4 Å². The molecule has 0 unspecified atom stereocenters. The maximum absolute atomic E-state index is 12.3. The quantitative estimate of drug-likeness (QED) is 0.0466. The van der Waals surface area contributed by atoms with E-state index in [1.807, 2.05) is 99.3 Å². The summed E-state index contributed by atoms with van der Waals surface area (Å²) in [6.45, 7) is 3.61. The number of thiophene rings is 3. The largest absolute Gasteiger partial charge is 0.423 e. The van der Waals surface area contributed by atoms with Crippen molar-refractivity contribution in [2.45, 2.75) is 19.6 Å². The summed E-state index contributed by atoms with van der Waals surface area (Å²) in [5.41, 5.74) is -0.143. The third-order valence-electron chi connectivity index (χ3n) is 11.4. The van der Waals surface area contributed by atoms with Crippen LogP contribution in [0.2, 0.25) is 0 Å². The topological polar surface area (TPSA) is 26.3 Å². The van der Waals surface area contributed by atoms with Crippen molar-refractivity contribution in [3.8, 4) is 5.75 Å². The highest BCUT2D eigenvalue weighted by Crippen LogP contribution is 2.49. The van der Waals surface area contributed by atoms with Crippen molar-refractivity contribution < 1.29 is 9.53 Å². The number of thioether (sulfide) groups is 4. The van der Waals surface area contributed by atoms with Gasteiger partial charge in [0.15, 0.2) is 0 Å². The minimum atomic E-state index is -0.458. The molecule has 63 heavy (non-hydrogen) atoms. The number of carbonyl (C=O) groups excluding carboxylic acids is 1. The summed E-state index contributed by atoms with van der Waals surface area (Å²) in [6.07, 6.45) is 1.21. The van der Waals surface area contributed by atoms with Crippen molar-refractivity contribution in [3.63, 3.8) is 0 Å². The molecule has 2 nitrogen and oxygen atoms in total. The summed E-state index contributed by atoms with van der Waals surface area (Å²) >= 11 is 13.7. The van der Waals surface area contributed by atoms with Crippen LogP contribution in [-0.4, -0.2) is 29.0 Å². The zero-order valence-corrected chi connectivity index (χ0v) is 39.6. The highest BCUT2D eigenvalue weighted by Gasteiger charge is 2.33. The first-order chi connectivity index (χ1) is 31.0. The van der Waals surface area contributed by atoms with Crippen LogP contribution in [0.1, 0.15) is 0 Å². The highest BCUT2D eigenvalue weighted by molar-refractivity contribution is 8.02. The molecule has 0 radical (unpaired) electrons. The summed E-state index contributed by atoms with van der Waals surface area (Å²) in [6, 6.07) is 59.4. The van der Waals surface area contributed by atoms with E-state index >= 15 is 0 Å². The number of fused-ring (bicyclic) bond motifs is 10. The van der Waals surface area contributed by atoms with Gasteiger partial charge in [0.1, 0.15) is 5.75 Å². The van der Waals surface area contributed by atoms with Crippen molar-refractivity contribution >= 4 is 158 Å². The SMILES string of the molecule is C=CC(=O)Oc1ccc2cccc(SCC(CSc3cccc4c3sc3ccccc34)(CSc3cccc4c3sc3ccccc34)CSc3cccc4c3sc3ccccc34)c2c1. The Hall–Kier alpha value is -4.71. The molecular formula is C54H38O2S7. The van der Waals surface area contributed by atoms with Gasteiger partial charge in [0, 0.05) is 115 Å². The smallest absolute Gasteiger partial charge is 0.335 e. The normalized spacial score (nSPS) is 12.1. The standard InChI is InChI=1S/C54H38O2S7/c1-2-50(55)56-35-28-27-34-13-9-23-43(42(34)29-35)57-30-54(31-58-47-24-10-17-39-36-14-3-6-20-44(36)61-51(39)47,32-59-48-25-11-18-40-37-15-4-7-21-45(37)62-52(40)48)33-60-49-26-12-19-41-38-16-5-8-22-46(38)63-53(41)49/h2-29H,1,30-33H2. The lowest BCUT2D eigenvalue weighted by Crippen LogP contribution is -2.33. The van der Waals surface area contributed by atoms with Gasteiger partial charge in [0.05, 0.1) is 0 Å². The molecule has 0 amide bonds. The van der Waals surface area contributed by atoms with E-state index in [0.717, 1.165) is 33.8 Å². The van der Waals surface area contributed by atoms with Crippen LogP contribution in [0.3, 0.4) is 0 Å². The second-order valence-electron chi connectivity index (χ2n) is 15.6. The fourth-order valence-electron chi connectivity index (χ4n) is 8.25. The maximum Gasteiger partial charge on any atom is 0.335 e. The van der Waals surface area contributed by atoms with Crippen LogP contribution in [-0.2, 0) is 4.79 Å². The average Bonchev–Trinajstić information content (AvgIpc) is 4.03. The van der Waals surface area contributed by atoms with Crippen molar-refractivity contribution in [2.75, 3.05) is 23.0 Å². The molecule has 11 aromatic rings. The summed E-state index contributed by atoms with van der Waals surface area (Å²) in [7, 11) is 0. The van der Waals surface area contributed by atoms with E-state index < -0.39 is 5.97 Å². The fourth-order valence-corrected chi connectivity index (χ4v) is 18.1. The zero-order chi connectivity index (χ0) is 42.3. The molecule has 0 bridgehead atoms. The Balaban J connectivity index is 1.02. The molecule has 9 heteroatoms. The van der Waals surface area contributed by atoms with E-state index in [1.54, 1.807) is 0 Å². The number of hydrogen-bond donors (Lipinski definition) is 0. The van der Waals surface area contributed by atoms with Crippen molar-refractivity contribution in [2.24, 2.45) is 5.41 Å². The molecule has 0 atom stereocenters. The summed E-state index contributed by atoms with van der Waals surface area (Å²) < 4.78 is 13.7. The van der Waals surface area contributed by atoms with Gasteiger partial charge in [-0.15, -0.1) is 81.1 Å². The molecule has 0 N–H and O–H groups in total. The first-order valence-electron chi connectivity index (χ1n) is 20.6. The van der Waals surface area contributed by atoms with Crippen LogP contribution >= 0.6 is 81.1 Å². The van der Waals surface area contributed by atoms with Gasteiger partial charge < -0.3 is 4.74 Å². The molecule has 3 heterocycles. The predicted octanol–water partition coefficient (Wildman–Crippen LogP) is 17.5. The highest BCUT2D eigenvalue weighted by atomic mass is 32.2. The van der Waals surface area contributed by atoms with E-state index in [-0.39, 0.29) is 5.41 Å². The lowest BCUT2D eigenvalue weighted by atomic mass is 9.99. The summed E-state index contributed by atoms with van der Waals surface area (Å²) in [4.78, 5) is 17.5. The van der Waals surface area contributed by atoms with Crippen LogP contribution in [0.25, 0.3) is 71.3 Å². The number of ether oxygens (including phenoxy) is 1. The lowest BCUT2D eigenvalue weighted by Gasteiger charge is -2.33. The Kier molecular flexibility index (Phi) is 11.5. The zero-order valence-electron chi connectivity index (χ0n) is 33.9. The van der Waals surface area contributed by atoms with Crippen LogP contribution in [0.5, 0.6) is 5.75 Å². The third-order valence-corrected chi connectivity index (χ3v) is 21.1. The molecule has 0 aliphatic rings. The molecule has 0 aliphatic heterocycles. The second-order valence-corrected chi connectivity index (χ2v) is 22.8. The van der Waals surface area contributed by atoms with Crippen molar-refractivity contribution in [3.05, 3.63) is 176 Å². The van der Waals surface area contributed by atoms with Gasteiger partial charge in [-0.2, -0.15) is 0 Å². The summed E-state index contributed by atoms with van der Waals surface area (Å²) in [5, 5.41) is 10.2. The molecule has 0 saturated heterocycles. The monoisotopic (exact) mass is 942 g/mol. The van der Waals surface area contributed by atoms with Crippen LogP contribution in [0.4, 0.5) is 0 Å². The number of esters is 1. The Bertz CT molecular complexity index is 3240. The van der Waals surface area contributed by atoms with Crippen LogP contribution in [0.15, 0.2) is 196 Å². The van der Waals surface area contributed by atoms with Gasteiger partial charge in [0.25, 0.3) is 0 Å². The molecule has 3 aromatic heterocycles. The first kappa shape index (κ1) is 41.0. The predicted molar refractivity (Wildman–Crippen MR) is 283 cm³/mol. The van der Waals surface area contributed by atoms with Gasteiger partial charge in [0.2, 0.25) is 0 Å². The molecule has 0 saturated carbocycles. The molecule has 11 rings (SSSR count). The van der Waals surface area contributed by atoms with E-state index in [2.05, 4.69) is 152 Å². The molecule has 308 valence electrons. The first-order valence-corrected chi connectivity index (χ1v) is 27.0. The van der Waals surface area contributed by atoms with Crippen molar-refractivity contribution in [1.82, 2.24) is 0 Å². The number of carbonyl (C=O) groups is 1. The molecular weight excluding hydrogens is 905 g/mol. The summed E-state index contributed by atoms with van der Waals surface area (Å²) in [5.74, 6) is 3.77. The Labute approximate surface area is 394 Å². The molecule has 0 spiro atoms. The minimum absolute atomic E-state index is 0.143. The average molecular weight is 943 g/mol. The Morgan fingerprint density at radius 2 is 0.857 bits per heavy atom. The number of hydrogen-bond acceptors (Lipinski definition) is 9. The van der Waals surface area contributed by atoms with Gasteiger partial charge >= 0.3 is 5.97 Å². The Morgan fingerprint density at radius 3 is 1.32 bits per heavy atom. The number of rotatable bonds is 14.